The van der Waals surface area contributed by atoms with Gasteiger partial charge in [0.1, 0.15) is 0 Å². The Hall–Kier alpha value is -0.570. The highest BCUT2D eigenvalue weighted by atomic mass is 16.5. The van der Waals surface area contributed by atoms with Gasteiger partial charge in [-0.25, -0.2) is 0 Å². The van der Waals surface area contributed by atoms with E-state index in [-0.39, 0.29) is 11.5 Å². The molecule has 1 aliphatic heterocycles. The molecular formula is C9H14O3. The number of ether oxygens (including phenoxy) is 1. The third-order valence-electron chi connectivity index (χ3n) is 3.16. The standard InChI is InChI=1S/C9H14O3/c10-8(11)7-3-1-4-9(7)5-2-6-12-9/h7H,1-6H2,(H,10,11). The van der Waals surface area contributed by atoms with E-state index >= 15 is 0 Å². The summed E-state index contributed by atoms with van der Waals surface area (Å²) in [5.41, 5.74) is -0.272. The summed E-state index contributed by atoms with van der Waals surface area (Å²) in [7, 11) is 0. The van der Waals surface area contributed by atoms with Crippen molar-refractivity contribution in [3.8, 4) is 0 Å². The molecule has 1 saturated heterocycles. The van der Waals surface area contributed by atoms with Gasteiger partial charge in [0.05, 0.1) is 11.5 Å². The van der Waals surface area contributed by atoms with E-state index in [4.69, 9.17) is 9.84 Å². The van der Waals surface area contributed by atoms with Crippen LogP contribution in [-0.2, 0) is 9.53 Å². The summed E-state index contributed by atoms with van der Waals surface area (Å²) < 4.78 is 5.59. The van der Waals surface area contributed by atoms with E-state index in [0.29, 0.717) is 0 Å². The van der Waals surface area contributed by atoms with Crippen LogP contribution in [0.4, 0.5) is 0 Å². The van der Waals surface area contributed by atoms with Crippen LogP contribution in [0.15, 0.2) is 0 Å². The molecule has 0 bridgehead atoms. The fourth-order valence-corrected chi connectivity index (χ4v) is 2.58. The molecule has 3 heteroatoms. The smallest absolute Gasteiger partial charge is 0.309 e. The minimum Gasteiger partial charge on any atom is -0.481 e. The molecule has 1 heterocycles. The topological polar surface area (TPSA) is 46.5 Å². The van der Waals surface area contributed by atoms with Crippen molar-refractivity contribution >= 4 is 5.97 Å². The molecule has 12 heavy (non-hydrogen) atoms. The maximum atomic E-state index is 10.9. The van der Waals surface area contributed by atoms with Gasteiger partial charge >= 0.3 is 5.97 Å². The molecule has 0 aromatic carbocycles. The molecule has 1 saturated carbocycles. The lowest BCUT2D eigenvalue weighted by molar-refractivity contribution is -0.150. The molecule has 0 aromatic rings. The number of carboxylic acids is 1. The Morgan fingerprint density at radius 1 is 1.42 bits per heavy atom. The zero-order chi connectivity index (χ0) is 8.60. The van der Waals surface area contributed by atoms with Crippen molar-refractivity contribution in [3.05, 3.63) is 0 Å². The van der Waals surface area contributed by atoms with Crippen LogP contribution in [0.3, 0.4) is 0 Å². The summed E-state index contributed by atoms with van der Waals surface area (Å²) in [6.45, 7) is 0.754. The minimum absolute atomic E-state index is 0.236. The second kappa shape index (κ2) is 2.73. The normalized spacial score (nSPS) is 40.8. The van der Waals surface area contributed by atoms with E-state index in [1.54, 1.807) is 0 Å². The van der Waals surface area contributed by atoms with Crippen molar-refractivity contribution in [1.29, 1.82) is 0 Å². The molecule has 1 spiro atoms. The van der Waals surface area contributed by atoms with Crippen LogP contribution in [-0.4, -0.2) is 23.3 Å². The molecule has 2 rings (SSSR count). The molecule has 0 aromatic heterocycles. The van der Waals surface area contributed by atoms with Crippen molar-refractivity contribution in [3.63, 3.8) is 0 Å². The van der Waals surface area contributed by atoms with Crippen molar-refractivity contribution < 1.29 is 14.6 Å². The molecule has 2 aliphatic rings. The number of carbonyl (C=O) groups is 1. The summed E-state index contributed by atoms with van der Waals surface area (Å²) in [4.78, 5) is 10.9. The largest absolute Gasteiger partial charge is 0.481 e. The Balaban J connectivity index is 2.17. The minimum atomic E-state index is -0.672. The zero-order valence-corrected chi connectivity index (χ0v) is 7.08. The van der Waals surface area contributed by atoms with Gasteiger partial charge in [-0.2, -0.15) is 0 Å². The van der Waals surface area contributed by atoms with Crippen LogP contribution in [0.25, 0.3) is 0 Å². The fourth-order valence-electron chi connectivity index (χ4n) is 2.58. The predicted molar refractivity (Wildman–Crippen MR) is 42.9 cm³/mol. The first kappa shape index (κ1) is 8.05. The molecule has 0 amide bonds. The molecule has 3 nitrogen and oxygen atoms in total. The third-order valence-corrected chi connectivity index (χ3v) is 3.16. The van der Waals surface area contributed by atoms with Crippen LogP contribution in [0.1, 0.15) is 32.1 Å². The average Bonchev–Trinajstić information content (AvgIpc) is 2.61. The molecule has 0 radical (unpaired) electrons. The highest BCUT2D eigenvalue weighted by Crippen LogP contribution is 2.45. The summed E-state index contributed by atoms with van der Waals surface area (Å²) in [6.07, 6.45) is 4.74. The second-order valence-corrected chi connectivity index (χ2v) is 3.80. The molecule has 1 aliphatic carbocycles. The van der Waals surface area contributed by atoms with E-state index in [9.17, 15) is 4.79 Å². The number of hydrogen-bond acceptors (Lipinski definition) is 2. The molecule has 68 valence electrons. The summed E-state index contributed by atoms with van der Waals surface area (Å²) in [6, 6.07) is 0. The quantitative estimate of drug-likeness (QED) is 0.647. The number of carboxylic acid groups (broad SMARTS) is 1. The summed E-state index contributed by atoms with van der Waals surface area (Å²) in [5.74, 6) is -0.908. The maximum absolute atomic E-state index is 10.9. The van der Waals surface area contributed by atoms with Crippen LogP contribution < -0.4 is 0 Å². The van der Waals surface area contributed by atoms with Gasteiger partial charge in [-0.3, -0.25) is 4.79 Å². The predicted octanol–water partition coefficient (Wildman–Crippen LogP) is 1.42. The van der Waals surface area contributed by atoms with Crippen molar-refractivity contribution in [2.24, 2.45) is 5.92 Å². The first-order valence-corrected chi connectivity index (χ1v) is 4.61. The maximum Gasteiger partial charge on any atom is 0.309 e. The highest BCUT2D eigenvalue weighted by Gasteiger charge is 2.49. The fraction of sp³-hybridized carbons (Fsp3) is 0.889. The lowest BCUT2D eigenvalue weighted by Gasteiger charge is -2.27. The van der Waals surface area contributed by atoms with Crippen LogP contribution in [0, 0.1) is 5.92 Å². The molecule has 2 unspecified atom stereocenters. The van der Waals surface area contributed by atoms with Crippen molar-refractivity contribution in [2.75, 3.05) is 6.61 Å². The lowest BCUT2D eigenvalue weighted by Crippen LogP contribution is -2.37. The number of rotatable bonds is 1. The van der Waals surface area contributed by atoms with Crippen molar-refractivity contribution in [1.82, 2.24) is 0 Å². The van der Waals surface area contributed by atoms with Gasteiger partial charge in [-0.1, -0.05) is 0 Å². The first-order chi connectivity index (χ1) is 5.75. The van der Waals surface area contributed by atoms with Gasteiger partial charge in [-0.15, -0.1) is 0 Å². The van der Waals surface area contributed by atoms with E-state index < -0.39 is 5.97 Å². The van der Waals surface area contributed by atoms with Gasteiger partial charge in [-0.05, 0) is 32.1 Å². The Labute approximate surface area is 71.7 Å². The van der Waals surface area contributed by atoms with Gasteiger partial charge in [0.15, 0.2) is 0 Å². The van der Waals surface area contributed by atoms with Crippen LogP contribution >= 0.6 is 0 Å². The Morgan fingerprint density at radius 2 is 2.17 bits per heavy atom. The monoisotopic (exact) mass is 170 g/mol. The first-order valence-electron chi connectivity index (χ1n) is 4.61. The SMILES string of the molecule is O=C(O)C1CCCC12CCCO2. The molecule has 2 atom stereocenters. The highest BCUT2D eigenvalue weighted by molar-refractivity contribution is 5.72. The van der Waals surface area contributed by atoms with E-state index in [1.807, 2.05) is 0 Å². The Kier molecular flexibility index (Phi) is 1.83. The zero-order valence-electron chi connectivity index (χ0n) is 7.08. The molecule has 1 N–H and O–H groups in total. The van der Waals surface area contributed by atoms with Gasteiger partial charge in [0.25, 0.3) is 0 Å². The van der Waals surface area contributed by atoms with Crippen LogP contribution in [0.2, 0.25) is 0 Å². The summed E-state index contributed by atoms with van der Waals surface area (Å²) in [5, 5.41) is 8.96. The van der Waals surface area contributed by atoms with Gasteiger partial charge in [0.2, 0.25) is 0 Å². The Bertz CT molecular complexity index is 188. The number of aliphatic carboxylic acids is 1. The van der Waals surface area contributed by atoms with Gasteiger partial charge in [0, 0.05) is 6.61 Å². The van der Waals surface area contributed by atoms with Gasteiger partial charge < -0.3 is 9.84 Å². The average molecular weight is 170 g/mol. The Morgan fingerprint density at radius 3 is 2.75 bits per heavy atom. The second-order valence-electron chi connectivity index (χ2n) is 3.80. The molecular weight excluding hydrogens is 156 g/mol. The van der Waals surface area contributed by atoms with E-state index in [2.05, 4.69) is 0 Å². The summed E-state index contributed by atoms with van der Waals surface area (Å²) >= 11 is 0. The third kappa shape index (κ3) is 1.04. The van der Waals surface area contributed by atoms with Crippen molar-refractivity contribution in [2.45, 2.75) is 37.7 Å². The van der Waals surface area contributed by atoms with E-state index in [1.165, 1.54) is 0 Å². The van der Waals surface area contributed by atoms with Crippen LogP contribution in [0.5, 0.6) is 0 Å². The lowest BCUT2D eigenvalue weighted by atomic mass is 9.88. The molecule has 2 fully saturated rings. The number of hydrogen-bond donors (Lipinski definition) is 1. The van der Waals surface area contributed by atoms with E-state index in [0.717, 1.165) is 38.7 Å².